The Balaban J connectivity index is 1.20. The molecule has 0 unspecified atom stereocenters. The van der Waals surface area contributed by atoms with Crippen LogP contribution in [-0.2, 0) is 11.3 Å². The molecule has 2 aromatic carbocycles. The van der Waals surface area contributed by atoms with Gasteiger partial charge in [0.1, 0.15) is 11.5 Å². The molecule has 0 amide bonds. The van der Waals surface area contributed by atoms with E-state index in [1.54, 1.807) is 14.2 Å². The fourth-order valence-corrected chi connectivity index (χ4v) is 6.19. The first-order valence-corrected chi connectivity index (χ1v) is 14.3. The van der Waals surface area contributed by atoms with E-state index >= 15 is 0 Å². The number of aromatic nitrogens is 1. The summed E-state index contributed by atoms with van der Waals surface area (Å²) in [7, 11) is 3.42. The van der Waals surface area contributed by atoms with Crippen molar-refractivity contribution in [3.8, 4) is 17.4 Å². The highest BCUT2D eigenvalue weighted by atomic mass is 16.5. The van der Waals surface area contributed by atoms with Crippen molar-refractivity contribution in [2.45, 2.75) is 70.0 Å². The first-order chi connectivity index (χ1) is 18.8. The van der Waals surface area contributed by atoms with Crippen LogP contribution >= 0.6 is 0 Å². The molecule has 1 aromatic heterocycles. The van der Waals surface area contributed by atoms with Gasteiger partial charge in [0.2, 0.25) is 5.88 Å². The second kappa shape index (κ2) is 13.3. The van der Waals surface area contributed by atoms with Gasteiger partial charge < -0.3 is 24.3 Å². The zero-order valence-corrected chi connectivity index (χ0v) is 22.9. The predicted molar refractivity (Wildman–Crippen MR) is 151 cm³/mol. The number of nitrogens with zero attached hydrogens (tertiary/aromatic N) is 1. The largest absolute Gasteiger partial charge is 0.496 e. The van der Waals surface area contributed by atoms with Crippen LogP contribution in [0.4, 0.5) is 0 Å². The first kappa shape index (κ1) is 26.8. The molecule has 1 aliphatic heterocycles. The summed E-state index contributed by atoms with van der Waals surface area (Å²) in [6.07, 6.45) is 12.4. The van der Waals surface area contributed by atoms with Crippen LogP contribution in [0.1, 0.15) is 68.4 Å². The molecule has 6 heteroatoms. The SMILES string of the molecule is COc1cc(CO[C@H]2CNCC[C@H]2c2ccc(OCCCC3CCCCC3)nc2)c(OC)c2ccccc12. The van der Waals surface area contributed by atoms with E-state index in [4.69, 9.17) is 18.9 Å². The molecular formula is C32H42N2O4. The molecule has 6 nitrogen and oxygen atoms in total. The summed E-state index contributed by atoms with van der Waals surface area (Å²) in [5, 5.41) is 5.57. The van der Waals surface area contributed by atoms with Crippen molar-refractivity contribution in [3.63, 3.8) is 0 Å². The number of fused-ring (bicyclic) bond motifs is 1. The average molecular weight is 519 g/mol. The van der Waals surface area contributed by atoms with Gasteiger partial charge in [-0.2, -0.15) is 0 Å². The van der Waals surface area contributed by atoms with E-state index in [9.17, 15) is 0 Å². The number of ether oxygens (including phenoxy) is 4. The minimum absolute atomic E-state index is 0.0370. The molecule has 204 valence electrons. The highest BCUT2D eigenvalue weighted by Gasteiger charge is 2.28. The van der Waals surface area contributed by atoms with Crippen molar-refractivity contribution < 1.29 is 18.9 Å². The van der Waals surface area contributed by atoms with Crippen LogP contribution in [0.3, 0.4) is 0 Å². The molecule has 1 saturated heterocycles. The third-order valence-electron chi connectivity index (χ3n) is 8.26. The standard InChI is InChI=1S/C32H42N2O4/c1-35-29-19-25(32(36-2)28-13-7-6-12-27(28)29)22-38-30-21-33-17-16-26(30)24-14-15-31(34-20-24)37-18-8-11-23-9-4-3-5-10-23/h6-7,12-15,19-20,23,26,30,33H,3-5,8-11,16-18,21-22H2,1-2H3/t26-,30-/m0/s1. The number of pyridine rings is 1. The lowest BCUT2D eigenvalue weighted by molar-refractivity contribution is 0.00975. The molecule has 2 heterocycles. The molecule has 5 rings (SSSR count). The van der Waals surface area contributed by atoms with Gasteiger partial charge in [0.25, 0.3) is 0 Å². The maximum Gasteiger partial charge on any atom is 0.213 e. The van der Waals surface area contributed by atoms with E-state index in [2.05, 4.69) is 28.5 Å². The zero-order chi connectivity index (χ0) is 26.2. The summed E-state index contributed by atoms with van der Waals surface area (Å²) < 4.78 is 24.0. The van der Waals surface area contributed by atoms with Gasteiger partial charge in [-0.25, -0.2) is 4.98 Å². The van der Waals surface area contributed by atoms with Crippen molar-refractivity contribution in [3.05, 3.63) is 59.8 Å². The Kier molecular flexibility index (Phi) is 9.37. The van der Waals surface area contributed by atoms with Gasteiger partial charge in [-0.3, -0.25) is 0 Å². The second-order valence-electron chi connectivity index (χ2n) is 10.7. The molecule has 0 radical (unpaired) electrons. The fourth-order valence-electron chi connectivity index (χ4n) is 6.19. The molecule has 2 aliphatic rings. The Hall–Kier alpha value is -2.83. The Morgan fingerprint density at radius 3 is 2.55 bits per heavy atom. The number of hydrogen-bond acceptors (Lipinski definition) is 6. The predicted octanol–water partition coefficient (Wildman–Crippen LogP) is 6.65. The quantitative estimate of drug-likeness (QED) is 0.287. The molecule has 0 spiro atoms. The van der Waals surface area contributed by atoms with Crippen LogP contribution in [0.2, 0.25) is 0 Å². The lowest BCUT2D eigenvalue weighted by atomic mass is 9.86. The molecule has 0 bridgehead atoms. The number of nitrogens with one attached hydrogen (secondary N) is 1. The fraction of sp³-hybridized carbons (Fsp3) is 0.531. The Bertz CT molecular complexity index is 1160. The number of benzene rings is 2. The van der Waals surface area contributed by atoms with Crippen molar-refractivity contribution in [1.82, 2.24) is 10.3 Å². The van der Waals surface area contributed by atoms with E-state index in [-0.39, 0.29) is 12.0 Å². The monoisotopic (exact) mass is 518 g/mol. The van der Waals surface area contributed by atoms with E-state index in [1.807, 2.05) is 30.5 Å². The third kappa shape index (κ3) is 6.41. The van der Waals surface area contributed by atoms with Crippen molar-refractivity contribution >= 4 is 10.8 Å². The lowest BCUT2D eigenvalue weighted by Gasteiger charge is -2.32. The maximum absolute atomic E-state index is 6.54. The minimum Gasteiger partial charge on any atom is -0.496 e. The minimum atomic E-state index is 0.0370. The summed E-state index contributed by atoms with van der Waals surface area (Å²) in [4.78, 5) is 4.64. The van der Waals surface area contributed by atoms with Crippen LogP contribution < -0.4 is 19.5 Å². The van der Waals surface area contributed by atoms with E-state index in [0.717, 1.165) is 72.2 Å². The van der Waals surface area contributed by atoms with Gasteiger partial charge >= 0.3 is 0 Å². The van der Waals surface area contributed by atoms with Crippen molar-refractivity contribution in [2.75, 3.05) is 33.9 Å². The number of rotatable bonds is 11. The molecule has 3 aromatic rings. The van der Waals surface area contributed by atoms with Crippen molar-refractivity contribution in [2.24, 2.45) is 5.92 Å². The van der Waals surface area contributed by atoms with Crippen molar-refractivity contribution in [1.29, 1.82) is 0 Å². The Labute approximate surface area is 227 Å². The highest BCUT2D eigenvalue weighted by Crippen LogP contribution is 2.38. The summed E-state index contributed by atoms with van der Waals surface area (Å²) in [6, 6.07) is 14.4. The van der Waals surface area contributed by atoms with E-state index in [0.29, 0.717) is 6.61 Å². The number of hydrogen-bond donors (Lipinski definition) is 1. The summed E-state index contributed by atoms with van der Waals surface area (Å²) in [5.41, 5.74) is 2.19. The van der Waals surface area contributed by atoms with E-state index < -0.39 is 0 Å². The van der Waals surface area contributed by atoms with Gasteiger partial charge in [0.05, 0.1) is 33.5 Å². The summed E-state index contributed by atoms with van der Waals surface area (Å²) in [6.45, 7) is 2.97. The smallest absolute Gasteiger partial charge is 0.213 e. The van der Waals surface area contributed by atoms with Crippen LogP contribution in [-0.4, -0.2) is 45.0 Å². The third-order valence-corrected chi connectivity index (χ3v) is 8.26. The molecule has 2 fully saturated rings. The van der Waals surface area contributed by atoms with Gasteiger partial charge in [0, 0.05) is 41.1 Å². The first-order valence-electron chi connectivity index (χ1n) is 14.3. The topological polar surface area (TPSA) is 61.8 Å². The van der Waals surface area contributed by atoms with Gasteiger partial charge in [-0.05, 0) is 43.4 Å². The summed E-state index contributed by atoms with van der Waals surface area (Å²) >= 11 is 0. The molecule has 1 saturated carbocycles. The molecule has 2 atom stereocenters. The number of methoxy groups -OCH3 is 2. The second-order valence-corrected chi connectivity index (χ2v) is 10.7. The maximum atomic E-state index is 6.54. The highest BCUT2D eigenvalue weighted by molar-refractivity contribution is 5.94. The summed E-state index contributed by atoms with van der Waals surface area (Å²) in [5.74, 6) is 3.56. The Morgan fingerprint density at radius 1 is 0.947 bits per heavy atom. The molecular weight excluding hydrogens is 476 g/mol. The van der Waals surface area contributed by atoms with Crippen LogP contribution in [0.25, 0.3) is 10.8 Å². The lowest BCUT2D eigenvalue weighted by Crippen LogP contribution is -2.41. The zero-order valence-electron chi connectivity index (χ0n) is 22.9. The van der Waals surface area contributed by atoms with Gasteiger partial charge in [0.15, 0.2) is 0 Å². The molecule has 1 aliphatic carbocycles. The van der Waals surface area contributed by atoms with Gasteiger partial charge in [-0.15, -0.1) is 0 Å². The van der Waals surface area contributed by atoms with Crippen LogP contribution in [0, 0.1) is 5.92 Å². The van der Waals surface area contributed by atoms with Gasteiger partial charge in [-0.1, -0.05) is 62.4 Å². The van der Waals surface area contributed by atoms with E-state index in [1.165, 1.54) is 44.1 Å². The van der Waals surface area contributed by atoms with Crippen LogP contribution in [0.5, 0.6) is 17.4 Å². The van der Waals surface area contributed by atoms with Crippen LogP contribution in [0.15, 0.2) is 48.7 Å². The molecule has 1 N–H and O–H groups in total. The normalized spacial score (nSPS) is 20.4. The average Bonchev–Trinajstić information content (AvgIpc) is 2.98. The molecule has 38 heavy (non-hydrogen) atoms. The number of piperidine rings is 1. The Morgan fingerprint density at radius 2 is 1.79 bits per heavy atom.